The normalized spacial score (nSPS) is 9.18. The lowest BCUT2D eigenvalue weighted by molar-refractivity contribution is 0.341. The van der Waals surface area contributed by atoms with Crippen molar-refractivity contribution in [1.82, 2.24) is 0 Å². The van der Waals surface area contributed by atoms with Gasteiger partial charge in [0.15, 0.2) is 5.57 Å². The Labute approximate surface area is 128 Å². The van der Waals surface area contributed by atoms with Crippen molar-refractivity contribution in [1.29, 1.82) is 15.8 Å². The number of rotatable bonds is 4. The number of nitrogens with zero attached hydrogens (tertiary/aromatic N) is 3. The number of hydrogen-bond acceptors (Lipinski definition) is 5. The second-order valence-corrected chi connectivity index (χ2v) is 4.37. The minimum Gasteiger partial charge on any atom is -0.494 e. The van der Waals surface area contributed by atoms with Crippen molar-refractivity contribution < 1.29 is 4.74 Å². The standard InChI is InChI=1S/C17H12N4O/c1-2-22-16-6-4-12-7-15(5-3-13(12)8-16)21-17(11-20)14(9-18)10-19/h3-8,21H,2H2,1H3. The summed E-state index contributed by atoms with van der Waals surface area (Å²) in [5, 5.41) is 31.4. The molecule has 0 fully saturated rings. The minimum absolute atomic E-state index is 0.0599. The van der Waals surface area contributed by atoms with Crippen molar-refractivity contribution in [2.75, 3.05) is 11.9 Å². The number of allylic oxidation sites excluding steroid dienone is 2. The summed E-state index contributed by atoms with van der Waals surface area (Å²) in [4.78, 5) is 0. The minimum atomic E-state index is -0.241. The Balaban J connectivity index is 2.37. The van der Waals surface area contributed by atoms with E-state index in [4.69, 9.17) is 20.5 Å². The van der Waals surface area contributed by atoms with Crippen molar-refractivity contribution >= 4 is 16.5 Å². The first kappa shape index (κ1) is 14.9. The van der Waals surface area contributed by atoms with Crippen molar-refractivity contribution in [2.45, 2.75) is 6.92 Å². The van der Waals surface area contributed by atoms with Crippen LogP contribution in [0.25, 0.3) is 10.8 Å². The number of hydrogen-bond donors (Lipinski definition) is 1. The van der Waals surface area contributed by atoms with Crippen molar-refractivity contribution in [3.05, 3.63) is 47.7 Å². The summed E-state index contributed by atoms with van der Waals surface area (Å²) >= 11 is 0. The molecular weight excluding hydrogens is 276 g/mol. The SMILES string of the molecule is CCOc1ccc2cc(NC(C#N)=C(C#N)C#N)ccc2c1. The molecule has 1 N–H and O–H groups in total. The summed E-state index contributed by atoms with van der Waals surface area (Å²) in [6.45, 7) is 2.53. The van der Waals surface area contributed by atoms with Gasteiger partial charge in [0.25, 0.3) is 0 Å². The first-order chi connectivity index (χ1) is 10.7. The van der Waals surface area contributed by atoms with E-state index in [1.807, 2.05) is 43.3 Å². The Morgan fingerprint density at radius 3 is 2.32 bits per heavy atom. The molecule has 0 aromatic heterocycles. The molecule has 2 rings (SSSR count). The van der Waals surface area contributed by atoms with Crippen LogP contribution in [0.5, 0.6) is 5.75 Å². The Morgan fingerprint density at radius 2 is 1.68 bits per heavy atom. The molecule has 0 saturated heterocycles. The van der Waals surface area contributed by atoms with Crippen LogP contribution in [0.15, 0.2) is 47.7 Å². The third-order valence-corrected chi connectivity index (χ3v) is 2.98. The highest BCUT2D eigenvalue weighted by molar-refractivity contribution is 5.87. The fourth-order valence-electron chi connectivity index (χ4n) is 1.99. The molecule has 0 atom stereocenters. The summed E-state index contributed by atoms with van der Waals surface area (Å²) in [6, 6.07) is 16.4. The zero-order chi connectivity index (χ0) is 15.9. The summed E-state index contributed by atoms with van der Waals surface area (Å²) in [6.07, 6.45) is 0. The number of nitrogens with one attached hydrogen (secondary N) is 1. The van der Waals surface area contributed by atoms with Gasteiger partial charge in [-0.15, -0.1) is 0 Å². The lowest BCUT2D eigenvalue weighted by Crippen LogP contribution is -2.00. The van der Waals surface area contributed by atoms with Gasteiger partial charge in [-0.2, -0.15) is 15.8 Å². The van der Waals surface area contributed by atoms with E-state index in [2.05, 4.69) is 5.32 Å². The lowest BCUT2D eigenvalue weighted by atomic mass is 10.1. The van der Waals surface area contributed by atoms with Gasteiger partial charge in [-0.1, -0.05) is 12.1 Å². The molecule has 0 amide bonds. The van der Waals surface area contributed by atoms with E-state index in [0.29, 0.717) is 12.3 Å². The van der Waals surface area contributed by atoms with Crippen LogP contribution in [0.1, 0.15) is 6.92 Å². The summed E-state index contributed by atoms with van der Waals surface area (Å²) < 4.78 is 5.45. The molecule has 0 radical (unpaired) electrons. The maximum absolute atomic E-state index is 9.04. The molecule has 0 aliphatic heterocycles. The molecule has 2 aromatic rings. The first-order valence-electron chi connectivity index (χ1n) is 6.60. The highest BCUT2D eigenvalue weighted by atomic mass is 16.5. The summed E-state index contributed by atoms with van der Waals surface area (Å²) in [5.74, 6) is 0.796. The van der Waals surface area contributed by atoms with E-state index in [1.54, 1.807) is 18.2 Å². The third-order valence-electron chi connectivity index (χ3n) is 2.98. The number of ether oxygens (including phenoxy) is 1. The molecule has 22 heavy (non-hydrogen) atoms. The van der Waals surface area contributed by atoms with Gasteiger partial charge in [-0.05, 0) is 42.0 Å². The van der Waals surface area contributed by atoms with Crippen LogP contribution >= 0.6 is 0 Å². The van der Waals surface area contributed by atoms with Crippen LogP contribution in [0.4, 0.5) is 5.69 Å². The Bertz CT molecular complexity index is 847. The van der Waals surface area contributed by atoms with Gasteiger partial charge in [0.1, 0.15) is 29.7 Å². The van der Waals surface area contributed by atoms with Crippen LogP contribution in [0, 0.1) is 34.0 Å². The Hall–Kier alpha value is -3.49. The lowest BCUT2D eigenvalue weighted by Gasteiger charge is -2.08. The average Bonchev–Trinajstić information content (AvgIpc) is 2.55. The van der Waals surface area contributed by atoms with Crippen molar-refractivity contribution in [3.8, 4) is 24.0 Å². The van der Waals surface area contributed by atoms with Crippen LogP contribution in [-0.4, -0.2) is 6.61 Å². The van der Waals surface area contributed by atoms with Gasteiger partial charge in [0.05, 0.1) is 6.61 Å². The predicted molar refractivity (Wildman–Crippen MR) is 82.6 cm³/mol. The number of benzene rings is 2. The highest BCUT2D eigenvalue weighted by Gasteiger charge is 2.06. The average molecular weight is 288 g/mol. The van der Waals surface area contributed by atoms with Crippen LogP contribution in [0.2, 0.25) is 0 Å². The van der Waals surface area contributed by atoms with Gasteiger partial charge in [0.2, 0.25) is 0 Å². The maximum atomic E-state index is 9.04. The third kappa shape index (κ3) is 3.15. The summed E-state index contributed by atoms with van der Waals surface area (Å²) in [5.41, 5.74) is 0.334. The second-order valence-electron chi connectivity index (χ2n) is 4.37. The Morgan fingerprint density at radius 1 is 1.00 bits per heavy atom. The molecule has 0 aliphatic rings. The molecule has 5 nitrogen and oxygen atoms in total. The molecule has 0 spiro atoms. The van der Waals surface area contributed by atoms with Gasteiger partial charge >= 0.3 is 0 Å². The smallest absolute Gasteiger partial charge is 0.163 e. The number of nitriles is 3. The fraction of sp³-hybridized carbons (Fsp3) is 0.118. The Kier molecular flexibility index (Phi) is 4.60. The van der Waals surface area contributed by atoms with Gasteiger partial charge in [0, 0.05) is 5.69 Å². The van der Waals surface area contributed by atoms with E-state index in [-0.39, 0.29) is 11.3 Å². The monoisotopic (exact) mass is 288 g/mol. The molecule has 0 bridgehead atoms. The molecule has 0 aliphatic carbocycles. The van der Waals surface area contributed by atoms with E-state index in [1.165, 1.54) is 0 Å². The molecule has 0 saturated carbocycles. The quantitative estimate of drug-likeness (QED) is 0.869. The second kappa shape index (κ2) is 6.79. The zero-order valence-electron chi connectivity index (χ0n) is 11.9. The molecule has 2 aromatic carbocycles. The van der Waals surface area contributed by atoms with Crippen LogP contribution in [0.3, 0.4) is 0 Å². The zero-order valence-corrected chi connectivity index (χ0v) is 11.9. The summed E-state index contributed by atoms with van der Waals surface area (Å²) in [7, 11) is 0. The van der Waals surface area contributed by atoms with Crippen LogP contribution < -0.4 is 10.1 Å². The molecule has 0 heterocycles. The molecule has 0 unspecified atom stereocenters. The molecule has 5 heteroatoms. The first-order valence-corrected chi connectivity index (χ1v) is 6.60. The van der Waals surface area contributed by atoms with Crippen molar-refractivity contribution in [2.24, 2.45) is 0 Å². The predicted octanol–water partition coefficient (Wildman–Crippen LogP) is 3.48. The van der Waals surface area contributed by atoms with Crippen LogP contribution in [-0.2, 0) is 0 Å². The van der Waals surface area contributed by atoms with Crippen molar-refractivity contribution in [3.63, 3.8) is 0 Å². The van der Waals surface area contributed by atoms with E-state index < -0.39 is 0 Å². The number of anilines is 1. The molecule has 106 valence electrons. The van der Waals surface area contributed by atoms with E-state index >= 15 is 0 Å². The highest BCUT2D eigenvalue weighted by Crippen LogP contribution is 2.24. The molecular formula is C17H12N4O. The fourth-order valence-corrected chi connectivity index (χ4v) is 1.99. The van der Waals surface area contributed by atoms with Gasteiger partial charge in [-0.25, -0.2) is 0 Å². The van der Waals surface area contributed by atoms with Gasteiger partial charge in [-0.3, -0.25) is 0 Å². The topological polar surface area (TPSA) is 92.6 Å². The van der Waals surface area contributed by atoms with E-state index in [9.17, 15) is 0 Å². The largest absolute Gasteiger partial charge is 0.494 e. The van der Waals surface area contributed by atoms with E-state index in [0.717, 1.165) is 16.5 Å². The maximum Gasteiger partial charge on any atom is 0.163 e. The van der Waals surface area contributed by atoms with Gasteiger partial charge < -0.3 is 10.1 Å². The number of fused-ring (bicyclic) bond motifs is 1.